The summed E-state index contributed by atoms with van der Waals surface area (Å²) in [5.41, 5.74) is 6.10. The van der Waals surface area contributed by atoms with Gasteiger partial charge in [-0.15, -0.1) is 11.8 Å². The van der Waals surface area contributed by atoms with Crippen molar-refractivity contribution in [1.82, 2.24) is 0 Å². The van der Waals surface area contributed by atoms with Crippen molar-refractivity contribution in [3.8, 4) is 0 Å². The summed E-state index contributed by atoms with van der Waals surface area (Å²) < 4.78 is 0. The molecule has 0 aliphatic carbocycles. The summed E-state index contributed by atoms with van der Waals surface area (Å²) in [5.74, 6) is -0.883. The predicted molar refractivity (Wildman–Crippen MR) is 54.2 cm³/mol. The van der Waals surface area contributed by atoms with Gasteiger partial charge in [-0.2, -0.15) is 0 Å². The van der Waals surface area contributed by atoms with Gasteiger partial charge in [0.2, 0.25) is 0 Å². The first-order valence-electron chi connectivity index (χ1n) is 3.49. The molecule has 0 heterocycles. The zero-order valence-corrected chi connectivity index (χ0v) is 8.23. The molecule has 0 bridgehead atoms. The molecule has 5 heteroatoms. The van der Waals surface area contributed by atoms with Crippen molar-refractivity contribution in [2.75, 3.05) is 11.5 Å². The summed E-state index contributed by atoms with van der Waals surface area (Å²) in [4.78, 5) is 11.0. The number of carboxylic acids is 1. The lowest BCUT2D eigenvalue weighted by molar-refractivity contribution is -0.133. The van der Waals surface area contributed by atoms with Gasteiger partial charge in [0.1, 0.15) is 0 Å². The molecule has 1 rings (SSSR count). The van der Waals surface area contributed by atoms with Gasteiger partial charge in [0, 0.05) is 10.6 Å². The van der Waals surface area contributed by atoms with Crippen molar-refractivity contribution in [1.29, 1.82) is 0 Å². The molecule has 13 heavy (non-hydrogen) atoms. The van der Waals surface area contributed by atoms with Crippen LogP contribution in [0, 0.1) is 0 Å². The van der Waals surface area contributed by atoms with Crippen molar-refractivity contribution >= 4 is 35.0 Å². The number of hydrogen-bond donors (Lipinski definition) is 2. The van der Waals surface area contributed by atoms with Crippen LogP contribution in [0.5, 0.6) is 0 Å². The van der Waals surface area contributed by atoms with Crippen LogP contribution in [-0.4, -0.2) is 16.8 Å². The van der Waals surface area contributed by atoms with Crippen molar-refractivity contribution in [3.05, 3.63) is 23.2 Å². The first kappa shape index (κ1) is 10.2. The third-order valence-electron chi connectivity index (χ3n) is 1.31. The number of halogens is 1. The fourth-order valence-corrected chi connectivity index (χ4v) is 1.76. The summed E-state index contributed by atoms with van der Waals surface area (Å²) in [7, 11) is 0. The van der Waals surface area contributed by atoms with E-state index in [2.05, 4.69) is 0 Å². The van der Waals surface area contributed by atoms with E-state index in [0.717, 1.165) is 11.8 Å². The van der Waals surface area contributed by atoms with E-state index in [9.17, 15) is 4.79 Å². The molecule has 0 saturated carbocycles. The number of nitrogens with two attached hydrogens (primary N) is 1. The van der Waals surface area contributed by atoms with Crippen LogP contribution in [0.3, 0.4) is 0 Å². The van der Waals surface area contributed by atoms with E-state index >= 15 is 0 Å². The van der Waals surface area contributed by atoms with E-state index in [1.165, 1.54) is 0 Å². The Morgan fingerprint density at radius 2 is 2.31 bits per heavy atom. The molecule has 0 aliphatic rings. The topological polar surface area (TPSA) is 63.3 Å². The fraction of sp³-hybridized carbons (Fsp3) is 0.125. The van der Waals surface area contributed by atoms with Crippen molar-refractivity contribution in [2.45, 2.75) is 4.90 Å². The Morgan fingerprint density at radius 3 is 2.92 bits per heavy atom. The van der Waals surface area contributed by atoms with Gasteiger partial charge in [-0.05, 0) is 18.2 Å². The number of carboxylic acid groups (broad SMARTS) is 1. The molecule has 1 aromatic rings. The normalized spacial score (nSPS) is 9.92. The Bertz CT molecular complexity index is 330. The molecule has 3 N–H and O–H groups in total. The second kappa shape index (κ2) is 4.39. The van der Waals surface area contributed by atoms with Crippen LogP contribution < -0.4 is 5.73 Å². The molecule has 0 radical (unpaired) electrons. The molecule has 0 fully saturated rings. The van der Waals surface area contributed by atoms with Gasteiger partial charge in [0.15, 0.2) is 0 Å². The quantitative estimate of drug-likeness (QED) is 0.601. The molecule has 3 nitrogen and oxygen atoms in total. The maximum Gasteiger partial charge on any atom is 0.313 e. The summed E-state index contributed by atoms with van der Waals surface area (Å²) in [6.45, 7) is 0. The van der Waals surface area contributed by atoms with E-state index < -0.39 is 5.97 Å². The van der Waals surface area contributed by atoms with E-state index in [4.69, 9.17) is 22.4 Å². The van der Waals surface area contributed by atoms with Gasteiger partial charge in [-0.1, -0.05) is 11.6 Å². The lowest BCUT2D eigenvalue weighted by Gasteiger charge is -2.02. The smallest absolute Gasteiger partial charge is 0.313 e. The van der Waals surface area contributed by atoms with Gasteiger partial charge in [0.25, 0.3) is 0 Å². The lowest BCUT2D eigenvalue weighted by atomic mass is 10.3. The second-order valence-corrected chi connectivity index (χ2v) is 3.80. The number of carbonyl (C=O) groups is 1. The standard InChI is InChI=1S/C8H8ClNO2S/c9-6-2-1-5(10)3-7(6)13-4-8(11)12/h1-3H,4,10H2,(H,11,12). The molecule has 0 unspecified atom stereocenters. The molecular formula is C8H8ClNO2S. The van der Waals surface area contributed by atoms with Crippen LogP contribution in [0.2, 0.25) is 5.02 Å². The van der Waals surface area contributed by atoms with E-state index in [0.29, 0.717) is 15.6 Å². The van der Waals surface area contributed by atoms with Gasteiger partial charge >= 0.3 is 5.97 Å². The predicted octanol–water partition coefficient (Wildman–Crippen LogP) is 2.10. The number of benzene rings is 1. The summed E-state index contributed by atoms with van der Waals surface area (Å²) in [6.07, 6.45) is 0. The average Bonchev–Trinajstić information content (AvgIpc) is 2.06. The molecule has 0 atom stereocenters. The highest BCUT2D eigenvalue weighted by Crippen LogP contribution is 2.28. The molecule has 1 aromatic carbocycles. The Balaban J connectivity index is 2.75. The summed E-state index contributed by atoms with van der Waals surface area (Å²) >= 11 is 6.97. The summed E-state index contributed by atoms with van der Waals surface area (Å²) in [6, 6.07) is 4.99. The number of rotatable bonds is 3. The van der Waals surface area contributed by atoms with Gasteiger partial charge < -0.3 is 10.8 Å². The highest BCUT2D eigenvalue weighted by molar-refractivity contribution is 8.00. The first-order valence-corrected chi connectivity index (χ1v) is 4.85. The van der Waals surface area contributed by atoms with Gasteiger partial charge in [0.05, 0.1) is 10.8 Å². The van der Waals surface area contributed by atoms with Crippen LogP contribution >= 0.6 is 23.4 Å². The number of nitrogen functional groups attached to an aromatic ring is 1. The number of aliphatic carboxylic acids is 1. The monoisotopic (exact) mass is 217 g/mol. The highest BCUT2D eigenvalue weighted by atomic mass is 35.5. The van der Waals surface area contributed by atoms with Gasteiger partial charge in [-0.25, -0.2) is 0 Å². The fourth-order valence-electron chi connectivity index (χ4n) is 0.770. The SMILES string of the molecule is Nc1ccc(Cl)c(SCC(=O)O)c1. The zero-order chi connectivity index (χ0) is 9.84. The second-order valence-electron chi connectivity index (χ2n) is 2.37. The third-order valence-corrected chi connectivity index (χ3v) is 2.79. The first-order chi connectivity index (χ1) is 6.09. The van der Waals surface area contributed by atoms with Crippen LogP contribution in [0.1, 0.15) is 0 Å². The number of hydrogen-bond acceptors (Lipinski definition) is 3. The van der Waals surface area contributed by atoms with Crippen LogP contribution in [0.4, 0.5) is 5.69 Å². The van der Waals surface area contributed by atoms with Gasteiger partial charge in [-0.3, -0.25) is 4.79 Å². The minimum Gasteiger partial charge on any atom is -0.481 e. The van der Waals surface area contributed by atoms with E-state index in [-0.39, 0.29) is 5.75 Å². The third kappa shape index (κ3) is 3.16. The Morgan fingerprint density at radius 1 is 1.62 bits per heavy atom. The van der Waals surface area contributed by atoms with Crippen LogP contribution in [0.15, 0.2) is 23.1 Å². The zero-order valence-electron chi connectivity index (χ0n) is 6.66. The number of thioether (sulfide) groups is 1. The average molecular weight is 218 g/mol. The molecule has 0 saturated heterocycles. The van der Waals surface area contributed by atoms with E-state index in [1.54, 1.807) is 18.2 Å². The molecule has 0 amide bonds. The number of anilines is 1. The largest absolute Gasteiger partial charge is 0.481 e. The van der Waals surface area contributed by atoms with Crippen molar-refractivity contribution < 1.29 is 9.90 Å². The Hall–Kier alpha value is -0.870. The van der Waals surface area contributed by atoms with Crippen LogP contribution in [-0.2, 0) is 4.79 Å². The van der Waals surface area contributed by atoms with Crippen molar-refractivity contribution in [3.63, 3.8) is 0 Å². The molecular weight excluding hydrogens is 210 g/mol. The van der Waals surface area contributed by atoms with Crippen molar-refractivity contribution in [2.24, 2.45) is 0 Å². The molecule has 0 spiro atoms. The minimum absolute atomic E-state index is 0.0107. The Labute approximate surface area is 84.9 Å². The Kier molecular flexibility index (Phi) is 3.45. The van der Waals surface area contributed by atoms with Crippen LogP contribution in [0.25, 0.3) is 0 Å². The molecule has 0 aromatic heterocycles. The van der Waals surface area contributed by atoms with E-state index in [1.807, 2.05) is 0 Å². The maximum atomic E-state index is 10.3. The molecule has 70 valence electrons. The lowest BCUT2D eigenvalue weighted by Crippen LogP contribution is -1.97. The summed E-state index contributed by atoms with van der Waals surface area (Å²) in [5, 5.41) is 8.97. The highest BCUT2D eigenvalue weighted by Gasteiger charge is 2.04. The minimum atomic E-state index is -0.872. The maximum absolute atomic E-state index is 10.3. The molecule has 0 aliphatic heterocycles.